The quantitative estimate of drug-likeness (QED) is 0.854. The van der Waals surface area contributed by atoms with E-state index in [1.165, 1.54) is 18.2 Å². The molecule has 0 radical (unpaired) electrons. The molecule has 0 spiro atoms. The predicted molar refractivity (Wildman–Crippen MR) is 81.0 cm³/mol. The minimum atomic E-state index is -0.317. The van der Waals surface area contributed by atoms with Gasteiger partial charge in [-0.2, -0.15) is 0 Å². The van der Waals surface area contributed by atoms with Gasteiger partial charge in [0.1, 0.15) is 0 Å². The van der Waals surface area contributed by atoms with Crippen LogP contribution in [0.2, 0.25) is 0 Å². The Morgan fingerprint density at radius 1 is 1.05 bits per heavy atom. The van der Waals surface area contributed by atoms with Crippen LogP contribution in [0, 0.1) is 6.92 Å². The summed E-state index contributed by atoms with van der Waals surface area (Å²) in [5.41, 5.74) is 4.02. The molecule has 0 aliphatic rings. The highest BCUT2D eigenvalue weighted by Crippen LogP contribution is 2.20. The first-order valence-corrected chi connectivity index (χ1v) is 6.61. The number of hydrogen-bond donors (Lipinski definition) is 1. The standard InChI is InChI=1S/C17H19NO2/c1-12-4-6-14(7-5-12)13(2)18-16-10-8-15(9-11-16)17(19)20-3/h4-11,13,18H,1-3H3. The average molecular weight is 269 g/mol. The van der Waals surface area contributed by atoms with E-state index in [0.29, 0.717) is 5.56 Å². The molecule has 1 unspecified atom stereocenters. The molecule has 2 rings (SSSR count). The second-order valence-corrected chi connectivity index (χ2v) is 4.85. The van der Waals surface area contributed by atoms with E-state index in [4.69, 9.17) is 0 Å². The Kier molecular flexibility index (Phi) is 4.41. The highest BCUT2D eigenvalue weighted by molar-refractivity contribution is 5.89. The Balaban J connectivity index is 2.06. The fraction of sp³-hybridized carbons (Fsp3) is 0.235. The van der Waals surface area contributed by atoms with Crippen molar-refractivity contribution in [2.45, 2.75) is 19.9 Å². The number of benzene rings is 2. The summed E-state index contributed by atoms with van der Waals surface area (Å²) in [6.45, 7) is 4.19. The number of anilines is 1. The van der Waals surface area contributed by atoms with E-state index in [1.54, 1.807) is 12.1 Å². The Morgan fingerprint density at radius 3 is 2.20 bits per heavy atom. The zero-order chi connectivity index (χ0) is 14.5. The van der Waals surface area contributed by atoms with Gasteiger partial charge in [0, 0.05) is 11.7 Å². The highest BCUT2D eigenvalue weighted by atomic mass is 16.5. The van der Waals surface area contributed by atoms with E-state index in [2.05, 4.69) is 48.2 Å². The van der Waals surface area contributed by atoms with Crippen LogP contribution in [-0.2, 0) is 4.74 Å². The minimum absolute atomic E-state index is 0.208. The summed E-state index contributed by atoms with van der Waals surface area (Å²) < 4.78 is 4.68. The molecule has 2 aromatic carbocycles. The Bertz CT molecular complexity index is 573. The zero-order valence-corrected chi connectivity index (χ0v) is 12.0. The van der Waals surface area contributed by atoms with Gasteiger partial charge in [0.25, 0.3) is 0 Å². The van der Waals surface area contributed by atoms with Gasteiger partial charge in [-0.3, -0.25) is 0 Å². The molecule has 3 nitrogen and oxygen atoms in total. The van der Waals surface area contributed by atoms with Crippen LogP contribution < -0.4 is 5.32 Å². The van der Waals surface area contributed by atoms with Crippen LogP contribution in [0.15, 0.2) is 48.5 Å². The number of ether oxygens (including phenoxy) is 1. The fourth-order valence-corrected chi connectivity index (χ4v) is 2.01. The molecule has 1 atom stereocenters. The predicted octanol–water partition coefficient (Wildman–Crippen LogP) is 3.95. The normalized spacial score (nSPS) is 11.8. The van der Waals surface area contributed by atoms with Crippen molar-refractivity contribution >= 4 is 11.7 Å². The number of aryl methyl sites for hydroxylation is 1. The summed E-state index contributed by atoms with van der Waals surface area (Å²) in [6, 6.07) is 16.0. The maximum absolute atomic E-state index is 11.4. The molecular weight excluding hydrogens is 250 g/mol. The summed E-state index contributed by atoms with van der Waals surface area (Å²) in [5.74, 6) is -0.317. The summed E-state index contributed by atoms with van der Waals surface area (Å²) >= 11 is 0. The van der Waals surface area contributed by atoms with Crippen molar-refractivity contribution in [1.82, 2.24) is 0 Å². The molecule has 0 amide bonds. The first-order chi connectivity index (χ1) is 9.60. The number of methoxy groups -OCH3 is 1. The second kappa shape index (κ2) is 6.24. The van der Waals surface area contributed by atoms with Crippen molar-refractivity contribution in [2.24, 2.45) is 0 Å². The molecular formula is C17H19NO2. The number of hydrogen-bond acceptors (Lipinski definition) is 3. The molecule has 1 N–H and O–H groups in total. The number of carbonyl (C=O) groups is 1. The number of nitrogens with one attached hydrogen (secondary N) is 1. The first-order valence-electron chi connectivity index (χ1n) is 6.61. The van der Waals surface area contributed by atoms with Crippen LogP contribution in [-0.4, -0.2) is 13.1 Å². The Hall–Kier alpha value is -2.29. The monoisotopic (exact) mass is 269 g/mol. The van der Waals surface area contributed by atoms with Crippen LogP contribution in [0.4, 0.5) is 5.69 Å². The molecule has 0 saturated carbocycles. The van der Waals surface area contributed by atoms with Gasteiger partial charge in [-0.15, -0.1) is 0 Å². The van der Waals surface area contributed by atoms with E-state index >= 15 is 0 Å². The molecule has 0 aliphatic carbocycles. The van der Waals surface area contributed by atoms with E-state index in [9.17, 15) is 4.79 Å². The van der Waals surface area contributed by atoms with Crippen molar-refractivity contribution < 1.29 is 9.53 Å². The van der Waals surface area contributed by atoms with Gasteiger partial charge in [0.05, 0.1) is 12.7 Å². The minimum Gasteiger partial charge on any atom is -0.465 e. The van der Waals surface area contributed by atoms with Gasteiger partial charge < -0.3 is 10.1 Å². The number of esters is 1. The summed E-state index contributed by atoms with van der Waals surface area (Å²) in [6.07, 6.45) is 0. The van der Waals surface area contributed by atoms with Gasteiger partial charge in [-0.05, 0) is 43.7 Å². The molecule has 0 aromatic heterocycles. The molecule has 104 valence electrons. The van der Waals surface area contributed by atoms with Crippen molar-refractivity contribution in [3.05, 3.63) is 65.2 Å². The molecule has 3 heteroatoms. The summed E-state index contributed by atoms with van der Waals surface area (Å²) in [5, 5.41) is 3.41. The van der Waals surface area contributed by atoms with Crippen molar-refractivity contribution in [3.8, 4) is 0 Å². The second-order valence-electron chi connectivity index (χ2n) is 4.85. The maximum Gasteiger partial charge on any atom is 0.337 e. The van der Waals surface area contributed by atoms with Crippen molar-refractivity contribution in [2.75, 3.05) is 12.4 Å². The van der Waals surface area contributed by atoms with E-state index in [0.717, 1.165) is 5.69 Å². The fourth-order valence-electron chi connectivity index (χ4n) is 2.01. The summed E-state index contributed by atoms with van der Waals surface area (Å²) in [4.78, 5) is 11.4. The van der Waals surface area contributed by atoms with Crippen LogP contribution in [0.1, 0.15) is 34.5 Å². The lowest BCUT2D eigenvalue weighted by Gasteiger charge is -2.16. The Labute approximate surface area is 119 Å². The molecule has 2 aromatic rings. The summed E-state index contributed by atoms with van der Waals surface area (Å²) in [7, 11) is 1.38. The van der Waals surface area contributed by atoms with E-state index in [1.807, 2.05) is 12.1 Å². The van der Waals surface area contributed by atoms with Gasteiger partial charge >= 0.3 is 5.97 Å². The van der Waals surface area contributed by atoms with Crippen molar-refractivity contribution in [3.63, 3.8) is 0 Å². The van der Waals surface area contributed by atoms with Crippen LogP contribution in [0.25, 0.3) is 0 Å². The third-order valence-electron chi connectivity index (χ3n) is 3.27. The molecule has 0 heterocycles. The Morgan fingerprint density at radius 2 is 1.65 bits per heavy atom. The first kappa shape index (κ1) is 14.1. The van der Waals surface area contributed by atoms with E-state index in [-0.39, 0.29) is 12.0 Å². The number of rotatable bonds is 4. The molecule has 20 heavy (non-hydrogen) atoms. The molecule has 0 fully saturated rings. The smallest absolute Gasteiger partial charge is 0.337 e. The van der Waals surface area contributed by atoms with Gasteiger partial charge in [-0.25, -0.2) is 4.79 Å². The molecule has 0 aliphatic heterocycles. The number of carbonyl (C=O) groups excluding carboxylic acids is 1. The van der Waals surface area contributed by atoms with Gasteiger partial charge in [0.15, 0.2) is 0 Å². The van der Waals surface area contributed by atoms with Crippen LogP contribution >= 0.6 is 0 Å². The lowest BCUT2D eigenvalue weighted by Crippen LogP contribution is -2.07. The topological polar surface area (TPSA) is 38.3 Å². The van der Waals surface area contributed by atoms with Crippen molar-refractivity contribution in [1.29, 1.82) is 0 Å². The largest absolute Gasteiger partial charge is 0.465 e. The van der Waals surface area contributed by atoms with Gasteiger partial charge in [-0.1, -0.05) is 29.8 Å². The van der Waals surface area contributed by atoms with Crippen LogP contribution in [0.5, 0.6) is 0 Å². The molecule has 0 bridgehead atoms. The van der Waals surface area contributed by atoms with Crippen LogP contribution in [0.3, 0.4) is 0 Å². The molecule has 0 saturated heterocycles. The van der Waals surface area contributed by atoms with Gasteiger partial charge in [0.2, 0.25) is 0 Å². The third-order valence-corrected chi connectivity index (χ3v) is 3.27. The maximum atomic E-state index is 11.4. The highest BCUT2D eigenvalue weighted by Gasteiger charge is 2.07. The lowest BCUT2D eigenvalue weighted by molar-refractivity contribution is 0.0601. The lowest BCUT2D eigenvalue weighted by atomic mass is 10.1. The van der Waals surface area contributed by atoms with E-state index < -0.39 is 0 Å². The SMILES string of the molecule is COC(=O)c1ccc(NC(C)c2ccc(C)cc2)cc1. The average Bonchev–Trinajstić information content (AvgIpc) is 2.48. The zero-order valence-electron chi connectivity index (χ0n) is 12.0. The third kappa shape index (κ3) is 3.38.